The molecule has 0 heterocycles. The molecule has 0 aliphatic carbocycles. The molecule has 0 radical (unpaired) electrons. The first-order chi connectivity index (χ1) is 7.85. The number of hydrogen-bond acceptors (Lipinski definition) is 2. The van der Waals surface area contributed by atoms with Gasteiger partial charge in [-0.05, 0) is 12.5 Å². The second-order valence-electron chi connectivity index (χ2n) is 3.69. The van der Waals surface area contributed by atoms with E-state index in [0.29, 0.717) is 0 Å². The van der Waals surface area contributed by atoms with Gasteiger partial charge in [-0.3, -0.25) is 4.79 Å². The number of alkyl halides is 3. The molecule has 1 aromatic carbocycles. The molecule has 0 amide bonds. The van der Waals surface area contributed by atoms with Crippen LogP contribution in [0, 0.1) is 0 Å². The van der Waals surface area contributed by atoms with Gasteiger partial charge in [-0.15, -0.1) is 0 Å². The number of carbonyl (C=O) groups is 1. The van der Waals surface area contributed by atoms with Crippen LogP contribution in [-0.2, 0) is 4.74 Å². The predicted molar refractivity (Wildman–Crippen MR) is 56.9 cm³/mol. The lowest BCUT2D eigenvalue weighted by molar-refractivity contribution is -0.158. The Bertz CT molecular complexity index is 399. The van der Waals surface area contributed by atoms with Gasteiger partial charge in [-0.1, -0.05) is 24.3 Å². The fraction of sp³-hybridized carbons (Fsp3) is 0.417. The molecular weight excluding hydrogens is 233 g/mol. The molecule has 0 aliphatic heterocycles. The quantitative estimate of drug-likeness (QED) is 0.760. The molecule has 0 saturated carbocycles. The van der Waals surface area contributed by atoms with E-state index < -0.39 is 18.7 Å². The highest BCUT2D eigenvalue weighted by Crippen LogP contribution is 2.33. The normalized spacial score (nSPS) is 13.5. The standard InChI is InChI=1S/C12H13F3O2/c1-8(16)9-5-3-4-6-10(9)11(17-2)7-12(13,14)15/h3-6,11H,7H2,1-2H3. The lowest BCUT2D eigenvalue weighted by Crippen LogP contribution is -2.17. The molecule has 0 aliphatic rings. The smallest absolute Gasteiger partial charge is 0.376 e. The maximum absolute atomic E-state index is 12.3. The number of halogens is 3. The summed E-state index contributed by atoms with van der Waals surface area (Å²) in [5, 5.41) is 0. The first-order valence-corrected chi connectivity index (χ1v) is 5.04. The Kier molecular flexibility index (Phi) is 4.28. The van der Waals surface area contributed by atoms with Gasteiger partial charge >= 0.3 is 6.18 Å². The van der Waals surface area contributed by atoms with Crippen LogP contribution in [-0.4, -0.2) is 19.1 Å². The van der Waals surface area contributed by atoms with Crippen molar-refractivity contribution >= 4 is 5.78 Å². The number of carbonyl (C=O) groups excluding carboxylic acids is 1. The van der Waals surface area contributed by atoms with Crippen molar-refractivity contribution in [1.82, 2.24) is 0 Å². The molecule has 1 aromatic rings. The lowest BCUT2D eigenvalue weighted by atomic mass is 9.97. The third-order valence-electron chi connectivity index (χ3n) is 2.39. The molecule has 17 heavy (non-hydrogen) atoms. The van der Waals surface area contributed by atoms with Crippen molar-refractivity contribution in [1.29, 1.82) is 0 Å². The van der Waals surface area contributed by atoms with E-state index in [0.717, 1.165) is 0 Å². The molecule has 0 saturated heterocycles. The monoisotopic (exact) mass is 246 g/mol. The van der Waals surface area contributed by atoms with Gasteiger partial charge < -0.3 is 4.74 Å². The summed E-state index contributed by atoms with van der Waals surface area (Å²) in [4.78, 5) is 11.3. The minimum Gasteiger partial charge on any atom is -0.376 e. The fourth-order valence-corrected chi connectivity index (χ4v) is 1.63. The molecule has 0 fully saturated rings. The Morgan fingerprint density at radius 1 is 1.35 bits per heavy atom. The van der Waals surface area contributed by atoms with Crippen LogP contribution in [0.3, 0.4) is 0 Å². The molecule has 0 aromatic heterocycles. The van der Waals surface area contributed by atoms with Gasteiger partial charge in [0.1, 0.15) is 0 Å². The van der Waals surface area contributed by atoms with Crippen LogP contribution in [0.4, 0.5) is 13.2 Å². The SMILES string of the molecule is COC(CC(F)(F)F)c1ccccc1C(C)=O. The van der Waals surface area contributed by atoms with E-state index in [2.05, 4.69) is 0 Å². The number of Topliss-reactive ketones (excluding diaryl/α,β-unsaturated/α-hetero) is 1. The summed E-state index contributed by atoms with van der Waals surface area (Å²) in [6, 6.07) is 6.18. The van der Waals surface area contributed by atoms with E-state index in [1.165, 1.54) is 26.2 Å². The Hall–Kier alpha value is -1.36. The van der Waals surface area contributed by atoms with Gasteiger partial charge in [0.15, 0.2) is 5.78 Å². The largest absolute Gasteiger partial charge is 0.391 e. The molecule has 94 valence electrons. The highest BCUT2D eigenvalue weighted by atomic mass is 19.4. The summed E-state index contributed by atoms with van der Waals surface area (Å²) in [5.74, 6) is -0.273. The summed E-state index contributed by atoms with van der Waals surface area (Å²) < 4.78 is 41.9. The zero-order chi connectivity index (χ0) is 13.1. The van der Waals surface area contributed by atoms with Crippen LogP contribution in [0.2, 0.25) is 0 Å². The van der Waals surface area contributed by atoms with E-state index in [4.69, 9.17) is 4.74 Å². The van der Waals surface area contributed by atoms with Gasteiger partial charge in [0.25, 0.3) is 0 Å². The molecule has 0 N–H and O–H groups in total. The average Bonchev–Trinajstić information content (AvgIpc) is 2.24. The summed E-state index contributed by atoms with van der Waals surface area (Å²) in [6.45, 7) is 1.32. The second-order valence-corrected chi connectivity index (χ2v) is 3.69. The van der Waals surface area contributed by atoms with Crippen molar-refractivity contribution in [2.45, 2.75) is 25.6 Å². The highest BCUT2D eigenvalue weighted by Gasteiger charge is 2.33. The number of ether oxygens (including phenoxy) is 1. The maximum atomic E-state index is 12.3. The number of benzene rings is 1. The third-order valence-corrected chi connectivity index (χ3v) is 2.39. The summed E-state index contributed by atoms with van der Waals surface area (Å²) in [5.41, 5.74) is 0.545. The maximum Gasteiger partial charge on any atom is 0.391 e. The Morgan fingerprint density at radius 2 is 1.94 bits per heavy atom. The molecule has 1 atom stereocenters. The highest BCUT2D eigenvalue weighted by molar-refractivity contribution is 5.95. The molecule has 1 rings (SSSR count). The minimum atomic E-state index is -4.33. The van der Waals surface area contributed by atoms with Gasteiger partial charge in [-0.25, -0.2) is 0 Å². The van der Waals surface area contributed by atoms with Crippen LogP contribution in [0.5, 0.6) is 0 Å². The zero-order valence-electron chi connectivity index (χ0n) is 9.54. The van der Waals surface area contributed by atoms with Crippen molar-refractivity contribution in [3.8, 4) is 0 Å². The van der Waals surface area contributed by atoms with Gasteiger partial charge in [0, 0.05) is 12.7 Å². The molecule has 0 bridgehead atoms. The van der Waals surface area contributed by atoms with E-state index in [1.807, 2.05) is 0 Å². The Balaban J connectivity index is 3.07. The molecule has 0 spiro atoms. The van der Waals surface area contributed by atoms with Crippen molar-refractivity contribution in [3.05, 3.63) is 35.4 Å². The van der Waals surface area contributed by atoms with E-state index in [-0.39, 0.29) is 16.9 Å². The number of hydrogen-bond donors (Lipinski definition) is 0. The zero-order valence-corrected chi connectivity index (χ0v) is 9.54. The van der Waals surface area contributed by atoms with E-state index in [1.54, 1.807) is 12.1 Å². The molecule has 5 heteroatoms. The van der Waals surface area contributed by atoms with Gasteiger partial charge in [-0.2, -0.15) is 13.2 Å². The number of methoxy groups -OCH3 is 1. The first-order valence-electron chi connectivity index (χ1n) is 5.04. The van der Waals surface area contributed by atoms with Gasteiger partial charge in [0.2, 0.25) is 0 Å². The summed E-state index contributed by atoms with van der Waals surface area (Å²) in [6.07, 6.45) is -6.58. The summed E-state index contributed by atoms with van der Waals surface area (Å²) >= 11 is 0. The van der Waals surface area contributed by atoms with Gasteiger partial charge in [0.05, 0.1) is 12.5 Å². The van der Waals surface area contributed by atoms with Crippen LogP contribution in [0.1, 0.15) is 35.4 Å². The third kappa shape index (κ3) is 3.85. The van der Waals surface area contributed by atoms with Crippen molar-refractivity contribution in [2.75, 3.05) is 7.11 Å². The van der Waals surface area contributed by atoms with Crippen LogP contribution < -0.4 is 0 Å². The molecule has 2 nitrogen and oxygen atoms in total. The van der Waals surface area contributed by atoms with Crippen molar-refractivity contribution in [3.63, 3.8) is 0 Å². The van der Waals surface area contributed by atoms with E-state index >= 15 is 0 Å². The molecule has 1 unspecified atom stereocenters. The van der Waals surface area contributed by atoms with Crippen molar-refractivity contribution in [2.24, 2.45) is 0 Å². The first kappa shape index (κ1) is 13.7. The van der Waals surface area contributed by atoms with Crippen LogP contribution in [0.15, 0.2) is 24.3 Å². The Morgan fingerprint density at radius 3 is 2.41 bits per heavy atom. The predicted octanol–water partition coefficient (Wildman–Crippen LogP) is 3.53. The fourth-order valence-electron chi connectivity index (χ4n) is 1.63. The van der Waals surface area contributed by atoms with E-state index in [9.17, 15) is 18.0 Å². The van der Waals surface area contributed by atoms with Crippen LogP contribution >= 0.6 is 0 Å². The molecular formula is C12H13F3O2. The minimum absolute atomic E-state index is 0.267. The van der Waals surface area contributed by atoms with Crippen LogP contribution in [0.25, 0.3) is 0 Å². The van der Waals surface area contributed by atoms with Crippen molar-refractivity contribution < 1.29 is 22.7 Å². The number of ketones is 1. The average molecular weight is 246 g/mol. The second kappa shape index (κ2) is 5.31. The number of rotatable bonds is 4. The summed E-state index contributed by atoms with van der Waals surface area (Å²) in [7, 11) is 1.20. The lowest BCUT2D eigenvalue weighted by Gasteiger charge is -2.19. The Labute approximate surface area is 97.4 Å². The topological polar surface area (TPSA) is 26.3 Å².